The first-order valence-electron chi connectivity index (χ1n) is 8.85. The number of ether oxygens (including phenoxy) is 1. The van der Waals surface area contributed by atoms with Crippen molar-refractivity contribution >= 4 is 13.8 Å². The minimum Gasteiger partial charge on any atom is -0.455 e. The van der Waals surface area contributed by atoms with Crippen LogP contribution in [0.25, 0.3) is 0 Å². The number of cyclic esters (lactones) is 1. The Hall–Kier alpha value is -1.84. The van der Waals surface area contributed by atoms with Crippen LogP contribution in [0.3, 0.4) is 0 Å². The molecule has 1 heterocycles. The van der Waals surface area contributed by atoms with E-state index in [1.165, 1.54) is 43.4 Å². The lowest BCUT2D eigenvalue weighted by molar-refractivity contribution is -0.141. The van der Waals surface area contributed by atoms with Crippen molar-refractivity contribution in [3.05, 3.63) is 60.8 Å². The molecule has 0 saturated carbocycles. The zero-order chi connectivity index (χ0) is 21.9. The summed E-state index contributed by atoms with van der Waals surface area (Å²) in [5, 5.41) is 29.4. The van der Waals surface area contributed by atoms with Gasteiger partial charge in [-0.15, -0.1) is 0 Å². The summed E-state index contributed by atoms with van der Waals surface area (Å²) in [5.41, 5.74) is -1.87. The molecular formula is C19H27O9P. The quantitative estimate of drug-likeness (QED) is 0.140. The smallest absolute Gasteiger partial charge is 0.455 e. The van der Waals surface area contributed by atoms with Gasteiger partial charge in [0.1, 0.15) is 17.8 Å². The van der Waals surface area contributed by atoms with Gasteiger partial charge in [-0.2, -0.15) is 0 Å². The summed E-state index contributed by atoms with van der Waals surface area (Å²) in [6.07, 6.45) is 11.5. The van der Waals surface area contributed by atoms with E-state index >= 15 is 0 Å². The van der Waals surface area contributed by atoms with Crippen molar-refractivity contribution in [1.82, 2.24) is 0 Å². The number of phosphoric ester groups is 1. The Labute approximate surface area is 169 Å². The van der Waals surface area contributed by atoms with Crippen molar-refractivity contribution in [3.63, 3.8) is 0 Å². The van der Waals surface area contributed by atoms with E-state index in [0.717, 1.165) is 0 Å². The van der Waals surface area contributed by atoms with Gasteiger partial charge in [-0.3, -0.25) is 4.52 Å². The molecule has 0 amide bonds. The molecule has 0 unspecified atom stereocenters. The summed E-state index contributed by atoms with van der Waals surface area (Å²) in [4.78, 5) is 29.6. The van der Waals surface area contributed by atoms with Gasteiger partial charge < -0.3 is 29.8 Å². The van der Waals surface area contributed by atoms with Gasteiger partial charge in [-0.25, -0.2) is 9.36 Å². The molecule has 0 saturated heterocycles. The highest BCUT2D eigenvalue weighted by Gasteiger charge is 2.37. The fraction of sp³-hybridized carbons (Fsp3) is 0.421. The van der Waals surface area contributed by atoms with E-state index in [0.29, 0.717) is 6.42 Å². The average Bonchev–Trinajstić information content (AvgIpc) is 2.61. The molecule has 10 heteroatoms. The standard InChI is InChI=1S/C19H27O9P/c1-19(23,12-11-16-9-7-10-18(22)27-16)17(28-29(24,25)26)14-15(21)8-5-3-2-4-6-13-20/h2-8,10-12,15-17,20-21,23H,9,13-14H2,1H3,(H2,24,25,26)/b3-2+,6-4+,8-5+,12-11+/t15-,16+,17-,19+/m1/s1. The molecule has 29 heavy (non-hydrogen) atoms. The van der Waals surface area contributed by atoms with Gasteiger partial charge in [0.2, 0.25) is 0 Å². The molecule has 9 nitrogen and oxygen atoms in total. The Morgan fingerprint density at radius 3 is 2.66 bits per heavy atom. The first-order chi connectivity index (χ1) is 13.5. The minimum atomic E-state index is -4.96. The number of hydrogen-bond donors (Lipinski definition) is 5. The van der Waals surface area contributed by atoms with Crippen LogP contribution in [0.4, 0.5) is 0 Å². The van der Waals surface area contributed by atoms with Crippen LogP contribution >= 0.6 is 7.82 Å². The number of aliphatic hydroxyl groups is 3. The predicted molar refractivity (Wildman–Crippen MR) is 105 cm³/mol. The Balaban J connectivity index is 2.84. The molecule has 0 aliphatic carbocycles. The summed E-state index contributed by atoms with van der Waals surface area (Å²) < 4.78 is 21.0. The molecule has 162 valence electrons. The maximum atomic E-state index is 11.3. The van der Waals surface area contributed by atoms with E-state index < -0.39 is 37.7 Å². The Morgan fingerprint density at radius 2 is 2.03 bits per heavy atom. The maximum Gasteiger partial charge on any atom is 0.469 e. The number of allylic oxidation sites excluding steroid dienone is 4. The molecular weight excluding hydrogens is 403 g/mol. The first kappa shape index (κ1) is 25.2. The number of phosphoric acid groups is 1. The monoisotopic (exact) mass is 430 g/mol. The van der Waals surface area contributed by atoms with Crippen molar-refractivity contribution in [1.29, 1.82) is 0 Å². The van der Waals surface area contributed by atoms with Crippen molar-refractivity contribution in [2.45, 2.75) is 43.7 Å². The average molecular weight is 430 g/mol. The Kier molecular flexibility index (Phi) is 10.4. The molecule has 0 aromatic heterocycles. The van der Waals surface area contributed by atoms with Gasteiger partial charge in [0.25, 0.3) is 0 Å². The van der Waals surface area contributed by atoms with Crippen LogP contribution in [0.1, 0.15) is 19.8 Å². The fourth-order valence-electron chi connectivity index (χ4n) is 2.37. The van der Waals surface area contributed by atoms with Crippen LogP contribution in [0.15, 0.2) is 60.8 Å². The summed E-state index contributed by atoms with van der Waals surface area (Å²) in [5.74, 6) is -0.531. The lowest BCUT2D eigenvalue weighted by atomic mass is 9.93. The van der Waals surface area contributed by atoms with Crippen molar-refractivity contribution in [2.24, 2.45) is 0 Å². The fourth-order valence-corrected chi connectivity index (χ4v) is 3.01. The van der Waals surface area contributed by atoms with Crippen LogP contribution in [0.5, 0.6) is 0 Å². The molecule has 5 N–H and O–H groups in total. The van der Waals surface area contributed by atoms with Gasteiger partial charge in [-0.05, 0) is 13.0 Å². The minimum absolute atomic E-state index is 0.100. The van der Waals surface area contributed by atoms with E-state index in [1.54, 1.807) is 24.3 Å². The van der Waals surface area contributed by atoms with Crippen LogP contribution in [-0.2, 0) is 18.6 Å². The van der Waals surface area contributed by atoms with E-state index in [9.17, 15) is 19.6 Å². The van der Waals surface area contributed by atoms with Crippen molar-refractivity contribution in [3.8, 4) is 0 Å². The molecule has 4 atom stereocenters. The lowest BCUT2D eigenvalue weighted by Crippen LogP contribution is -2.41. The zero-order valence-electron chi connectivity index (χ0n) is 15.9. The SMILES string of the molecule is C[C@](O)(/C=C/[C@@H]1CC=CC(=O)O1)[C@@H](C[C@H](O)/C=C/C=C/C=C/CO)OP(=O)(O)O. The highest BCUT2D eigenvalue weighted by molar-refractivity contribution is 7.46. The number of carbonyl (C=O) groups is 1. The van der Waals surface area contributed by atoms with E-state index in [4.69, 9.17) is 19.6 Å². The van der Waals surface area contributed by atoms with E-state index in [2.05, 4.69) is 4.52 Å². The number of esters is 1. The molecule has 0 aromatic carbocycles. The molecule has 0 radical (unpaired) electrons. The van der Waals surface area contributed by atoms with Gasteiger partial charge >= 0.3 is 13.8 Å². The number of hydrogen-bond acceptors (Lipinski definition) is 7. The molecule has 0 fully saturated rings. The van der Waals surface area contributed by atoms with Gasteiger partial charge in [0.05, 0.1) is 12.7 Å². The number of aliphatic hydroxyl groups excluding tert-OH is 2. The van der Waals surface area contributed by atoms with Crippen LogP contribution in [0, 0.1) is 0 Å². The highest BCUT2D eigenvalue weighted by Crippen LogP contribution is 2.41. The topological polar surface area (TPSA) is 154 Å². The maximum absolute atomic E-state index is 11.3. The van der Waals surface area contributed by atoms with Crippen molar-refractivity contribution in [2.75, 3.05) is 6.61 Å². The second-order valence-electron chi connectivity index (χ2n) is 6.47. The first-order valence-corrected chi connectivity index (χ1v) is 10.4. The second-order valence-corrected chi connectivity index (χ2v) is 7.66. The summed E-state index contributed by atoms with van der Waals surface area (Å²) in [6, 6.07) is 0. The molecule has 1 rings (SSSR count). The summed E-state index contributed by atoms with van der Waals surface area (Å²) in [6.45, 7) is 1.16. The third kappa shape index (κ3) is 11.1. The third-order valence-electron chi connectivity index (χ3n) is 3.82. The molecule has 0 bridgehead atoms. The van der Waals surface area contributed by atoms with E-state index in [-0.39, 0.29) is 13.0 Å². The predicted octanol–water partition coefficient (Wildman–Crippen LogP) is 1.06. The summed E-state index contributed by atoms with van der Waals surface area (Å²) >= 11 is 0. The Morgan fingerprint density at radius 1 is 1.34 bits per heavy atom. The molecule has 1 aliphatic rings. The summed E-state index contributed by atoms with van der Waals surface area (Å²) in [7, 11) is -4.96. The molecule has 0 spiro atoms. The lowest BCUT2D eigenvalue weighted by Gasteiger charge is -2.31. The van der Waals surface area contributed by atoms with Gasteiger partial charge in [-0.1, -0.05) is 48.6 Å². The Bertz CT molecular complexity index is 715. The largest absolute Gasteiger partial charge is 0.469 e. The van der Waals surface area contributed by atoms with Crippen molar-refractivity contribution < 1.29 is 43.7 Å². The third-order valence-corrected chi connectivity index (χ3v) is 4.35. The second kappa shape index (κ2) is 12.0. The highest BCUT2D eigenvalue weighted by atomic mass is 31.2. The zero-order valence-corrected chi connectivity index (χ0v) is 16.8. The van der Waals surface area contributed by atoms with E-state index in [1.807, 2.05) is 0 Å². The van der Waals surface area contributed by atoms with Gasteiger partial charge in [0.15, 0.2) is 0 Å². The van der Waals surface area contributed by atoms with Gasteiger partial charge in [0, 0.05) is 18.9 Å². The van der Waals surface area contributed by atoms with Crippen LogP contribution < -0.4 is 0 Å². The number of rotatable bonds is 11. The van der Waals surface area contributed by atoms with Crippen LogP contribution in [-0.4, -0.2) is 61.6 Å². The number of carbonyl (C=O) groups excluding carboxylic acids is 1. The molecule has 0 aromatic rings. The van der Waals surface area contributed by atoms with Crippen LogP contribution in [0.2, 0.25) is 0 Å². The molecule has 1 aliphatic heterocycles. The normalized spacial score (nSPS) is 22.6.